The third-order valence-electron chi connectivity index (χ3n) is 4.28. The lowest BCUT2D eigenvalue weighted by atomic mass is 10.1. The number of piperazine rings is 1. The maximum Gasteiger partial charge on any atom is 0.414 e. The molecule has 0 bridgehead atoms. The smallest absolute Gasteiger partial charge is 0.414 e. The van der Waals surface area contributed by atoms with Crippen molar-refractivity contribution in [3.8, 4) is 0 Å². The molecule has 156 valence electrons. The highest BCUT2D eigenvalue weighted by Crippen LogP contribution is 2.17. The van der Waals surface area contributed by atoms with Crippen molar-refractivity contribution in [2.75, 3.05) is 39.3 Å². The second kappa shape index (κ2) is 12.3. The number of carbonyl (C=O) groups is 3. The van der Waals surface area contributed by atoms with Crippen molar-refractivity contribution in [1.29, 1.82) is 0 Å². The average molecular weight is 414 g/mol. The van der Waals surface area contributed by atoms with E-state index >= 15 is 0 Å². The number of benzene rings is 1. The fourth-order valence-corrected chi connectivity index (χ4v) is 3.04. The average Bonchev–Trinajstić information content (AvgIpc) is 2.64. The lowest BCUT2D eigenvalue weighted by molar-refractivity contribution is -0.159. The monoisotopic (exact) mass is 413 g/mol. The van der Waals surface area contributed by atoms with Crippen LogP contribution in [0.4, 0.5) is 0 Å². The largest absolute Gasteiger partial charge is 0.473 e. The first-order valence-corrected chi connectivity index (χ1v) is 9.56. The quantitative estimate of drug-likeness (QED) is 0.609. The number of rotatable bonds is 6. The lowest BCUT2D eigenvalue weighted by Gasteiger charge is -2.34. The summed E-state index contributed by atoms with van der Waals surface area (Å²) in [6.45, 7) is 9.89. The van der Waals surface area contributed by atoms with Crippen LogP contribution in [0.25, 0.3) is 0 Å². The van der Waals surface area contributed by atoms with Gasteiger partial charge in [0.05, 0.1) is 12.6 Å². The molecule has 3 N–H and O–H groups in total. The number of hydrogen-bond acceptors (Lipinski definition) is 5. The van der Waals surface area contributed by atoms with Gasteiger partial charge in [-0.2, -0.15) is 0 Å². The van der Waals surface area contributed by atoms with Crippen molar-refractivity contribution < 1.29 is 24.6 Å². The van der Waals surface area contributed by atoms with Crippen molar-refractivity contribution in [3.63, 3.8) is 0 Å². The molecule has 1 unspecified atom stereocenters. The first kappa shape index (κ1) is 23.9. The number of carbonyl (C=O) groups excluding carboxylic acids is 1. The summed E-state index contributed by atoms with van der Waals surface area (Å²) in [4.78, 5) is 35.1. The van der Waals surface area contributed by atoms with Gasteiger partial charge >= 0.3 is 11.9 Å². The second-order valence-electron chi connectivity index (χ2n) is 6.57. The molecule has 1 saturated heterocycles. The molecule has 1 aliphatic heterocycles. The molecule has 1 atom stereocenters. The third-order valence-corrected chi connectivity index (χ3v) is 4.52. The zero-order chi connectivity index (χ0) is 21.1. The van der Waals surface area contributed by atoms with E-state index in [9.17, 15) is 4.79 Å². The number of nitrogens with zero attached hydrogens (tertiary/aromatic N) is 2. The van der Waals surface area contributed by atoms with Gasteiger partial charge in [0.15, 0.2) is 0 Å². The fraction of sp³-hybridized carbons (Fsp3) is 0.526. The Morgan fingerprint density at radius 3 is 2.18 bits per heavy atom. The van der Waals surface area contributed by atoms with Crippen LogP contribution < -0.4 is 5.32 Å². The molecular formula is C19H28ClN3O5. The lowest BCUT2D eigenvalue weighted by Crippen LogP contribution is -2.49. The minimum atomic E-state index is -1.82. The predicted octanol–water partition coefficient (Wildman–Crippen LogP) is 1.70. The number of hydrogen-bond donors (Lipinski definition) is 3. The van der Waals surface area contributed by atoms with E-state index in [1.54, 1.807) is 0 Å². The molecule has 9 heteroatoms. The molecule has 1 aromatic rings. The Bertz CT molecular complexity index is 651. The molecule has 0 radical (unpaired) electrons. The van der Waals surface area contributed by atoms with E-state index in [1.165, 1.54) is 6.42 Å². The molecule has 1 aliphatic rings. The van der Waals surface area contributed by atoms with E-state index in [0.29, 0.717) is 11.6 Å². The number of nitrogens with one attached hydrogen (secondary N) is 1. The van der Waals surface area contributed by atoms with Gasteiger partial charge in [-0.1, -0.05) is 30.7 Å². The summed E-state index contributed by atoms with van der Waals surface area (Å²) >= 11 is 5.99. The Hall–Kier alpha value is -2.16. The van der Waals surface area contributed by atoms with Crippen LogP contribution in [0.5, 0.6) is 0 Å². The van der Waals surface area contributed by atoms with E-state index in [0.717, 1.165) is 38.3 Å². The van der Waals surface area contributed by atoms with E-state index in [2.05, 4.69) is 22.0 Å². The molecule has 1 heterocycles. The maximum atomic E-state index is 12.2. The molecule has 1 amide bonds. The standard InChI is InChI=1S/C17H26ClN3O.C2H2O4/c1-3-7-20-8-10-21(11-9-20)13-17(22)19-14(2)15-5-4-6-16(18)12-15;3-1(4)2(5)6/h4-6,12,14H,3,7-11,13H2,1-2H3,(H,19,22);(H,3,4)(H,5,6). The highest BCUT2D eigenvalue weighted by Gasteiger charge is 2.19. The number of carboxylic acid groups (broad SMARTS) is 2. The van der Waals surface area contributed by atoms with Crippen molar-refractivity contribution in [3.05, 3.63) is 34.9 Å². The molecule has 8 nitrogen and oxygen atoms in total. The van der Waals surface area contributed by atoms with Crippen molar-refractivity contribution in [2.45, 2.75) is 26.3 Å². The zero-order valence-electron chi connectivity index (χ0n) is 16.2. The maximum absolute atomic E-state index is 12.2. The Labute approximate surface area is 170 Å². The molecule has 0 aromatic heterocycles. The molecule has 28 heavy (non-hydrogen) atoms. The number of halogens is 1. The topological polar surface area (TPSA) is 110 Å². The van der Waals surface area contributed by atoms with Crippen LogP contribution in [0.1, 0.15) is 31.9 Å². The zero-order valence-corrected chi connectivity index (χ0v) is 17.0. The molecule has 2 rings (SSSR count). The van der Waals surface area contributed by atoms with E-state index in [-0.39, 0.29) is 11.9 Å². The van der Waals surface area contributed by atoms with Crippen LogP contribution in [-0.4, -0.2) is 77.1 Å². The van der Waals surface area contributed by atoms with Crippen molar-refractivity contribution >= 4 is 29.4 Å². The Balaban J connectivity index is 0.000000568. The van der Waals surface area contributed by atoms with Gasteiger partial charge in [0.1, 0.15) is 0 Å². The highest BCUT2D eigenvalue weighted by molar-refractivity contribution is 6.30. The number of carboxylic acids is 2. The van der Waals surface area contributed by atoms with E-state index in [4.69, 9.17) is 31.4 Å². The number of amides is 1. The van der Waals surface area contributed by atoms with E-state index < -0.39 is 11.9 Å². The second-order valence-corrected chi connectivity index (χ2v) is 7.01. The summed E-state index contributed by atoms with van der Waals surface area (Å²) in [6, 6.07) is 7.62. The van der Waals surface area contributed by atoms with Gasteiger partial charge in [-0.05, 0) is 37.6 Å². The van der Waals surface area contributed by atoms with Gasteiger partial charge in [-0.3, -0.25) is 9.69 Å². The van der Waals surface area contributed by atoms with Crippen LogP contribution in [0.2, 0.25) is 5.02 Å². The Kier molecular flexibility index (Phi) is 10.5. The van der Waals surface area contributed by atoms with Crippen LogP contribution in [0.3, 0.4) is 0 Å². The van der Waals surface area contributed by atoms with Gasteiger partial charge in [-0.15, -0.1) is 0 Å². The molecule has 0 aliphatic carbocycles. The minimum absolute atomic E-state index is 0.0208. The number of aliphatic carboxylic acids is 2. The summed E-state index contributed by atoms with van der Waals surface area (Å²) in [5, 5.41) is 18.5. The summed E-state index contributed by atoms with van der Waals surface area (Å²) in [5.41, 5.74) is 1.04. The summed E-state index contributed by atoms with van der Waals surface area (Å²) < 4.78 is 0. The van der Waals surface area contributed by atoms with Gasteiger partial charge in [0.25, 0.3) is 0 Å². The van der Waals surface area contributed by atoms with Crippen LogP contribution in [0.15, 0.2) is 24.3 Å². The molecular weight excluding hydrogens is 386 g/mol. The highest BCUT2D eigenvalue weighted by atomic mass is 35.5. The first-order chi connectivity index (χ1) is 13.2. The normalized spacial score (nSPS) is 15.8. The van der Waals surface area contributed by atoms with Crippen LogP contribution >= 0.6 is 11.6 Å². The van der Waals surface area contributed by atoms with Gasteiger partial charge in [0.2, 0.25) is 5.91 Å². The fourth-order valence-electron chi connectivity index (χ4n) is 2.84. The van der Waals surface area contributed by atoms with Gasteiger partial charge in [0, 0.05) is 31.2 Å². The minimum Gasteiger partial charge on any atom is -0.473 e. The van der Waals surface area contributed by atoms with Gasteiger partial charge in [-0.25, -0.2) is 9.59 Å². The van der Waals surface area contributed by atoms with E-state index in [1.807, 2.05) is 31.2 Å². The van der Waals surface area contributed by atoms with Gasteiger partial charge < -0.3 is 20.4 Å². The summed E-state index contributed by atoms with van der Waals surface area (Å²) in [5.74, 6) is -3.57. The van der Waals surface area contributed by atoms with Crippen LogP contribution in [-0.2, 0) is 14.4 Å². The predicted molar refractivity (Wildman–Crippen MR) is 106 cm³/mol. The van der Waals surface area contributed by atoms with Crippen molar-refractivity contribution in [1.82, 2.24) is 15.1 Å². The third kappa shape index (κ3) is 9.16. The molecule has 1 aromatic carbocycles. The SMILES string of the molecule is CCCN1CCN(CC(=O)NC(C)c2cccc(Cl)c2)CC1.O=C(O)C(=O)O. The molecule has 0 saturated carbocycles. The van der Waals surface area contributed by atoms with Crippen molar-refractivity contribution in [2.24, 2.45) is 0 Å². The summed E-state index contributed by atoms with van der Waals surface area (Å²) in [7, 11) is 0. The molecule has 0 spiro atoms. The Morgan fingerprint density at radius 2 is 1.68 bits per heavy atom. The Morgan fingerprint density at radius 1 is 1.11 bits per heavy atom. The summed E-state index contributed by atoms with van der Waals surface area (Å²) in [6.07, 6.45) is 1.19. The molecule has 1 fully saturated rings. The van der Waals surface area contributed by atoms with Crippen LogP contribution in [0, 0.1) is 0 Å². The first-order valence-electron chi connectivity index (χ1n) is 9.18.